The van der Waals surface area contributed by atoms with E-state index >= 15 is 0 Å². The van der Waals surface area contributed by atoms with Crippen molar-refractivity contribution < 1.29 is 5.11 Å². The predicted molar refractivity (Wildman–Crippen MR) is 62.4 cm³/mol. The van der Waals surface area contributed by atoms with E-state index in [4.69, 9.17) is 28.9 Å². The number of benzene rings is 1. The molecule has 0 heterocycles. The lowest BCUT2D eigenvalue weighted by Crippen LogP contribution is -2.26. The van der Waals surface area contributed by atoms with Crippen molar-refractivity contribution in [2.75, 3.05) is 0 Å². The van der Waals surface area contributed by atoms with Crippen LogP contribution >= 0.6 is 23.2 Å². The Morgan fingerprint density at radius 3 is 2.53 bits per heavy atom. The third-order valence-electron chi connectivity index (χ3n) is 3.12. The van der Waals surface area contributed by atoms with Gasteiger partial charge in [0.1, 0.15) is 10.8 Å². The SMILES string of the molecule is N[C@H](c1ccc(Cl)c(Cl)c1O)C1CCC1. The molecule has 0 aromatic heterocycles. The van der Waals surface area contributed by atoms with Crippen LogP contribution < -0.4 is 5.73 Å². The molecule has 0 unspecified atom stereocenters. The fourth-order valence-electron chi connectivity index (χ4n) is 1.88. The van der Waals surface area contributed by atoms with Gasteiger partial charge >= 0.3 is 0 Å². The molecule has 15 heavy (non-hydrogen) atoms. The maximum atomic E-state index is 9.82. The standard InChI is InChI=1S/C11H13Cl2NO/c12-8-5-4-7(11(15)9(8)13)10(14)6-2-1-3-6/h4-6,10,15H,1-3,14H2/t10-/m0/s1. The second-order valence-corrected chi connectivity index (χ2v) is 4.80. The summed E-state index contributed by atoms with van der Waals surface area (Å²) in [6.45, 7) is 0. The number of aromatic hydroxyl groups is 1. The molecule has 2 rings (SSSR count). The largest absolute Gasteiger partial charge is 0.506 e. The highest BCUT2D eigenvalue weighted by Gasteiger charge is 2.28. The van der Waals surface area contributed by atoms with Gasteiger partial charge in [-0.3, -0.25) is 0 Å². The summed E-state index contributed by atoms with van der Waals surface area (Å²) in [6.07, 6.45) is 3.47. The molecule has 0 saturated heterocycles. The van der Waals surface area contributed by atoms with Gasteiger partial charge in [0, 0.05) is 11.6 Å². The molecule has 82 valence electrons. The average Bonchev–Trinajstić information content (AvgIpc) is 2.11. The molecule has 0 spiro atoms. The first-order valence-electron chi connectivity index (χ1n) is 5.03. The highest BCUT2D eigenvalue weighted by atomic mass is 35.5. The molecule has 1 aromatic carbocycles. The minimum absolute atomic E-state index is 0.0311. The molecular formula is C11H13Cl2NO. The highest BCUT2D eigenvalue weighted by molar-refractivity contribution is 6.43. The van der Waals surface area contributed by atoms with Crippen molar-refractivity contribution in [2.45, 2.75) is 25.3 Å². The van der Waals surface area contributed by atoms with E-state index in [0.29, 0.717) is 16.5 Å². The Balaban J connectivity index is 2.31. The van der Waals surface area contributed by atoms with Crippen LogP contribution in [0.4, 0.5) is 0 Å². The summed E-state index contributed by atoms with van der Waals surface area (Å²) in [5.41, 5.74) is 6.76. The van der Waals surface area contributed by atoms with Gasteiger partial charge in [-0.05, 0) is 24.8 Å². The van der Waals surface area contributed by atoms with Crippen molar-refractivity contribution in [3.05, 3.63) is 27.7 Å². The summed E-state index contributed by atoms with van der Waals surface area (Å²) in [4.78, 5) is 0. The zero-order chi connectivity index (χ0) is 11.0. The normalized spacial score (nSPS) is 18.6. The molecule has 1 aliphatic carbocycles. The van der Waals surface area contributed by atoms with Gasteiger partial charge in [-0.25, -0.2) is 0 Å². The molecule has 0 bridgehead atoms. The minimum atomic E-state index is -0.131. The molecule has 1 saturated carbocycles. The topological polar surface area (TPSA) is 46.2 Å². The number of hydrogen-bond acceptors (Lipinski definition) is 2. The van der Waals surface area contributed by atoms with Gasteiger partial charge in [0.25, 0.3) is 0 Å². The summed E-state index contributed by atoms with van der Waals surface area (Å²) in [7, 11) is 0. The van der Waals surface area contributed by atoms with E-state index < -0.39 is 0 Å². The van der Waals surface area contributed by atoms with Crippen molar-refractivity contribution in [1.29, 1.82) is 0 Å². The van der Waals surface area contributed by atoms with Gasteiger partial charge in [0.2, 0.25) is 0 Å². The van der Waals surface area contributed by atoms with Crippen molar-refractivity contribution in [3.63, 3.8) is 0 Å². The molecule has 0 aliphatic heterocycles. The van der Waals surface area contributed by atoms with Gasteiger partial charge in [-0.15, -0.1) is 0 Å². The third-order valence-corrected chi connectivity index (χ3v) is 3.91. The molecule has 1 fully saturated rings. The Morgan fingerprint density at radius 2 is 2.00 bits per heavy atom. The van der Waals surface area contributed by atoms with Crippen molar-refractivity contribution in [2.24, 2.45) is 11.7 Å². The Bertz CT molecular complexity index is 377. The summed E-state index contributed by atoms with van der Waals surface area (Å²) < 4.78 is 0. The fraction of sp³-hybridized carbons (Fsp3) is 0.455. The molecule has 4 heteroatoms. The lowest BCUT2D eigenvalue weighted by Gasteiger charge is -2.31. The lowest BCUT2D eigenvalue weighted by molar-refractivity contribution is 0.260. The van der Waals surface area contributed by atoms with E-state index in [-0.39, 0.29) is 16.8 Å². The van der Waals surface area contributed by atoms with Crippen LogP contribution in [0.15, 0.2) is 12.1 Å². The molecule has 0 amide bonds. The van der Waals surface area contributed by atoms with Gasteiger partial charge < -0.3 is 10.8 Å². The lowest BCUT2D eigenvalue weighted by atomic mass is 9.77. The molecule has 1 atom stereocenters. The molecular weight excluding hydrogens is 233 g/mol. The van der Waals surface area contributed by atoms with E-state index in [2.05, 4.69) is 0 Å². The summed E-state index contributed by atoms with van der Waals surface area (Å²) in [5.74, 6) is 0.497. The van der Waals surface area contributed by atoms with Crippen molar-refractivity contribution in [3.8, 4) is 5.75 Å². The number of phenols is 1. The van der Waals surface area contributed by atoms with Crippen LogP contribution in [0.5, 0.6) is 5.75 Å². The van der Waals surface area contributed by atoms with Crippen LogP contribution in [0.1, 0.15) is 30.9 Å². The van der Waals surface area contributed by atoms with E-state index in [0.717, 1.165) is 12.8 Å². The van der Waals surface area contributed by atoms with E-state index in [1.807, 2.05) is 0 Å². The average molecular weight is 246 g/mol. The van der Waals surface area contributed by atoms with Crippen LogP contribution in [0, 0.1) is 5.92 Å². The maximum absolute atomic E-state index is 9.82. The van der Waals surface area contributed by atoms with E-state index in [9.17, 15) is 5.11 Å². The van der Waals surface area contributed by atoms with Gasteiger partial charge in [-0.1, -0.05) is 35.7 Å². The van der Waals surface area contributed by atoms with Crippen LogP contribution in [0.3, 0.4) is 0 Å². The highest BCUT2D eigenvalue weighted by Crippen LogP contribution is 2.42. The van der Waals surface area contributed by atoms with Gasteiger partial charge in [0.05, 0.1) is 5.02 Å². The Labute approximate surface area is 99.0 Å². The molecule has 1 aliphatic rings. The zero-order valence-corrected chi connectivity index (χ0v) is 9.72. The Kier molecular flexibility index (Phi) is 3.10. The summed E-state index contributed by atoms with van der Waals surface area (Å²) >= 11 is 11.6. The predicted octanol–water partition coefficient (Wildman–Crippen LogP) is 3.50. The molecule has 0 radical (unpaired) electrons. The van der Waals surface area contributed by atoms with Crippen molar-refractivity contribution in [1.82, 2.24) is 0 Å². The van der Waals surface area contributed by atoms with E-state index in [1.54, 1.807) is 12.1 Å². The fourth-order valence-corrected chi connectivity index (χ4v) is 2.20. The number of halogens is 2. The van der Waals surface area contributed by atoms with Crippen LogP contribution in [0.25, 0.3) is 0 Å². The second-order valence-electron chi connectivity index (χ2n) is 4.02. The monoisotopic (exact) mass is 245 g/mol. The van der Waals surface area contributed by atoms with Gasteiger partial charge in [-0.2, -0.15) is 0 Å². The Hall–Kier alpha value is -0.440. The summed E-state index contributed by atoms with van der Waals surface area (Å²) in [5, 5.41) is 10.4. The first-order valence-corrected chi connectivity index (χ1v) is 5.79. The number of rotatable bonds is 2. The van der Waals surface area contributed by atoms with E-state index in [1.165, 1.54) is 6.42 Å². The smallest absolute Gasteiger partial charge is 0.140 e. The third kappa shape index (κ3) is 1.94. The van der Waals surface area contributed by atoms with Crippen LogP contribution in [-0.4, -0.2) is 5.11 Å². The first-order chi connectivity index (χ1) is 7.11. The quantitative estimate of drug-likeness (QED) is 0.838. The Morgan fingerprint density at radius 1 is 1.33 bits per heavy atom. The number of hydrogen-bond donors (Lipinski definition) is 2. The van der Waals surface area contributed by atoms with Crippen molar-refractivity contribution >= 4 is 23.2 Å². The second kappa shape index (κ2) is 4.20. The van der Waals surface area contributed by atoms with Gasteiger partial charge in [0.15, 0.2) is 0 Å². The number of nitrogens with two attached hydrogens (primary N) is 1. The summed E-state index contributed by atoms with van der Waals surface area (Å²) in [6, 6.07) is 3.30. The molecule has 3 N–H and O–H groups in total. The molecule has 1 aromatic rings. The zero-order valence-electron chi connectivity index (χ0n) is 8.21. The maximum Gasteiger partial charge on any atom is 0.140 e. The van der Waals surface area contributed by atoms with Crippen LogP contribution in [-0.2, 0) is 0 Å². The minimum Gasteiger partial charge on any atom is -0.506 e. The first kappa shape index (κ1) is 11.1. The molecule has 2 nitrogen and oxygen atoms in total. The van der Waals surface area contributed by atoms with Crippen LogP contribution in [0.2, 0.25) is 10.0 Å². The number of phenolic OH excluding ortho intramolecular Hbond substituents is 1.